The molecule has 1 aromatic heterocycles. The maximum absolute atomic E-state index is 12.5. The average Bonchev–Trinajstić information content (AvgIpc) is 2.14. The smallest absolute Gasteiger partial charge is 0.398 e. The maximum atomic E-state index is 12.5. The fraction of sp³-hybridized carbons (Fsp3) is 0.375. The summed E-state index contributed by atoms with van der Waals surface area (Å²) in [4.78, 5) is 3.12. The van der Waals surface area contributed by atoms with Crippen molar-refractivity contribution in [2.75, 3.05) is 5.73 Å². The third-order valence-corrected chi connectivity index (χ3v) is 1.90. The molecule has 8 heteroatoms. The number of rotatable bonds is 2. The van der Waals surface area contributed by atoms with Crippen molar-refractivity contribution in [2.24, 2.45) is 0 Å². The van der Waals surface area contributed by atoms with E-state index in [1.54, 1.807) is 0 Å². The lowest BCUT2D eigenvalue weighted by Gasteiger charge is -2.15. The van der Waals surface area contributed by atoms with Crippen molar-refractivity contribution in [3.63, 3.8) is 0 Å². The van der Waals surface area contributed by atoms with Crippen LogP contribution in [0.15, 0.2) is 6.20 Å². The second-order valence-corrected chi connectivity index (χ2v) is 2.91. The molecular formula is C8H7F5N2O. The number of nitrogens with two attached hydrogens (primary N) is 1. The van der Waals surface area contributed by atoms with Crippen molar-refractivity contribution in [3.05, 3.63) is 23.0 Å². The number of pyridine rings is 1. The Hall–Kier alpha value is -1.44. The number of nitrogens with zero attached hydrogens (tertiary/aromatic N) is 1. The fourth-order valence-electron chi connectivity index (χ4n) is 1.19. The molecule has 0 unspecified atom stereocenters. The second kappa shape index (κ2) is 4.20. The van der Waals surface area contributed by atoms with Gasteiger partial charge in [0.1, 0.15) is 5.56 Å². The zero-order valence-electron chi connectivity index (χ0n) is 7.72. The lowest BCUT2D eigenvalue weighted by Crippen LogP contribution is -2.16. The van der Waals surface area contributed by atoms with Gasteiger partial charge in [-0.15, -0.1) is 0 Å². The lowest BCUT2D eigenvalue weighted by molar-refractivity contribution is -0.138. The molecule has 0 bridgehead atoms. The Morgan fingerprint density at radius 3 is 2.31 bits per heavy atom. The molecule has 0 atom stereocenters. The van der Waals surface area contributed by atoms with Crippen LogP contribution >= 0.6 is 0 Å². The minimum atomic E-state index is -4.93. The van der Waals surface area contributed by atoms with Gasteiger partial charge in [-0.25, -0.2) is 8.78 Å². The van der Waals surface area contributed by atoms with Crippen LogP contribution in [0.5, 0.6) is 0 Å². The Morgan fingerprint density at radius 2 is 1.94 bits per heavy atom. The van der Waals surface area contributed by atoms with Crippen molar-refractivity contribution in [2.45, 2.75) is 19.2 Å². The first kappa shape index (κ1) is 12.6. The Kier molecular flexibility index (Phi) is 3.32. The third-order valence-electron chi connectivity index (χ3n) is 1.90. The maximum Gasteiger partial charge on any atom is 0.420 e. The van der Waals surface area contributed by atoms with Crippen LogP contribution in [0.25, 0.3) is 0 Å². The second-order valence-electron chi connectivity index (χ2n) is 2.91. The number of nitrogen functional groups attached to an aromatic ring is 1. The molecule has 1 rings (SSSR count). The van der Waals surface area contributed by atoms with Gasteiger partial charge >= 0.3 is 6.18 Å². The molecule has 3 N–H and O–H groups in total. The highest BCUT2D eigenvalue weighted by molar-refractivity contribution is 5.56. The van der Waals surface area contributed by atoms with Crippen molar-refractivity contribution in [1.82, 2.24) is 4.98 Å². The highest BCUT2D eigenvalue weighted by atomic mass is 19.4. The van der Waals surface area contributed by atoms with Crippen LogP contribution in [-0.4, -0.2) is 10.1 Å². The zero-order valence-corrected chi connectivity index (χ0v) is 7.72. The van der Waals surface area contributed by atoms with Gasteiger partial charge < -0.3 is 10.8 Å². The van der Waals surface area contributed by atoms with Crippen LogP contribution in [0.1, 0.15) is 23.2 Å². The van der Waals surface area contributed by atoms with Crippen LogP contribution in [0.4, 0.5) is 27.6 Å². The summed E-state index contributed by atoms with van der Waals surface area (Å²) < 4.78 is 62.0. The molecular weight excluding hydrogens is 235 g/mol. The lowest BCUT2D eigenvalue weighted by atomic mass is 10.1. The predicted molar refractivity (Wildman–Crippen MR) is 44.5 cm³/mol. The minimum absolute atomic E-state index is 0.529. The van der Waals surface area contributed by atoms with E-state index in [-0.39, 0.29) is 0 Å². The van der Waals surface area contributed by atoms with Gasteiger partial charge in [0, 0.05) is 6.20 Å². The molecule has 90 valence electrons. The van der Waals surface area contributed by atoms with Crippen molar-refractivity contribution >= 4 is 5.69 Å². The molecule has 0 spiro atoms. The van der Waals surface area contributed by atoms with Gasteiger partial charge in [-0.1, -0.05) is 0 Å². The quantitative estimate of drug-likeness (QED) is 0.781. The number of hydrogen-bond acceptors (Lipinski definition) is 3. The van der Waals surface area contributed by atoms with Crippen molar-refractivity contribution in [3.8, 4) is 0 Å². The van der Waals surface area contributed by atoms with Crippen LogP contribution in [-0.2, 0) is 12.8 Å². The molecule has 0 aliphatic carbocycles. The predicted octanol–water partition coefficient (Wildman–Crippen LogP) is 2.11. The van der Waals surface area contributed by atoms with E-state index in [9.17, 15) is 22.0 Å². The van der Waals surface area contributed by atoms with E-state index in [0.717, 1.165) is 0 Å². The Labute approximate surface area is 86.7 Å². The van der Waals surface area contributed by atoms with Gasteiger partial charge in [0.25, 0.3) is 6.43 Å². The monoisotopic (exact) mass is 242 g/mol. The number of aliphatic hydroxyl groups excluding tert-OH is 1. The number of halogens is 5. The summed E-state index contributed by atoms with van der Waals surface area (Å²) >= 11 is 0. The number of aliphatic hydroxyl groups is 1. The van der Waals surface area contributed by atoms with E-state index >= 15 is 0 Å². The summed E-state index contributed by atoms with van der Waals surface area (Å²) in [6, 6.07) is 0. The number of alkyl halides is 5. The molecule has 0 aliphatic heterocycles. The summed E-state index contributed by atoms with van der Waals surface area (Å²) in [5.74, 6) is 0. The number of anilines is 1. The molecule has 0 fully saturated rings. The number of aromatic nitrogens is 1. The van der Waals surface area contributed by atoms with Gasteiger partial charge in [-0.3, -0.25) is 4.98 Å². The van der Waals surface area contributed by atoms with Crippen molar-refractivity contribution < 1.29 is 27.1 Å². The molecule has 3 nitrogen and oxygen atoms in total. The first-order valence-electron chi connectivity index (χ1n) is 4.02. The van der Waals surface area contributed by atoms with Crippen LogP contribution in [0.2, 0.25) is 0 Å². The summed E-state index contributed by atoms with van der Waals surface area (Å²) in [5.41, 5.74) is 0.628. The average molecular weight is 242 g/mol. The minimum Gasteiger partial charge on any atom is -0.398 e. The van der Waals surface area contributed by atoms with Gasteiger partial charge in [0.2, 0.25) is 0 Å². The van der Waals surface area contributed by atoms with Gasteiger partial charge in [0.05, 0.1) is 23.6 Å². The van der Waals surface area contributed by atoms with Gasteiger partial charge in [-0.05, 0) is 0 Å². The summed E-state index contributed by atoms with van der Waals surface area (Å²) in [7, 11) is 0. The molecule has 0 amide bonds. The van der Waals surface area contributed by atoms with E-state index < -0.39 is 41.7 Å². The molecule has 0 aliphatic rings. The molecule has 0 aromatic carbocycles. The fourth-order valence-corrected chi connectivity index (χ4v) is 1.19. The summed E-state index contributed by atoms with van der Waals surface area (Å²) in [6.45, 7) is -1.03. The first-order valence-corrected chi connectivity index (χ1v) is 4.02. The van der Waals surface area contributed by atoms with Crippen LogP contribution in [0, 0.1) is 0 Å². The molecule has 1 aromatic rings. The summed E-state index contributed by atoms with van der Waals surface area (Å²) in [5, 5.41) is 8.63. The van der Waals surface area contributed by atoms with E-state index in [1.165, 1.54) is 0 Å². The normalized spacial score (nSPS) is 12.2. The molecule has 0 saturated carbocycles. The summed E-state index contributed by atoms with van der Waals surface area (Å²) in [6.07, 6.45) is -7.55. The Morgan fingerprint density at radius 1 is 1.38 bits per heavy atom. The molecule has 16 heavy (non-hydrogen) atoms. The van der Waals surface area contributed by atoms with E-state index in [0.29, 0.717) is 6.20 Å². The highest BCUT2D eigenvalue weighted by Gasteiger charge is 2.38. The highest BCUT2D eigenvalue weighted by Crippen LogP contribution is 2.39. The number of hydrogen-bond donors (Lipinski definition) is 2. The zero-order chi connectivity index (χ0) is 12.5. The topological polar surface area (TPSA) is 59.1 Å². The third kappa shape index (κ3) is 2.21. The molecule has 0 saturated heterocycles. The molecule has 0 radical (unpaired) electrons. The largest absolute Gasteiger partial charge is 0.420 e. The van der Waals surface area contributed by atoms with Gasteiger partial charge in [0.15, 0.2) is 0 Å². The molecule has 1 heterocycles. The standard InChI is InChI=1S/C8H7F5N2O/c9-7(10)3-1-15-4(2-16)5(6(3)14)8(11,12)13/h1,7,16H,2H2,(H2,14,15). The van der Waals surface area contributed by atoms with Crippen LogP contribution < -0.4 is 5.73 Å². The van der Waals surface area contributed by atoms with Gasteiger partial charge in [-0.2, -0.15) is 13.2 Å². The Balaban J connectivity index is 3.47. The first-order chi connectivity index (χ1) is 7.29. The van der Waals surface area contributed by atoms with Crippen molar-refractivity contribution in [1.29, 1.82) is 0 Å². The van der Waals surface area contributed by atoms with E-state index in [2.05, 4.69) is 4.98 Å². The van der Waals surface area contributed by atoms with E-state index in [1.807, 2.05) is 0 Å². The Bertz CT molecular complexity index is 391. The van der Waals surface area contributed by atoms with E-state index in [4.69, 9.17) is 10.8 Å². The van der Waals surface area contributed by atoms with Crippen LogP contribution in [0.3, 0.4) is 0 Å². The SMILES string of the molecule is Nc1c(C(F)F)cnc(CO)c1C(F)(F)F.